The fraction of sp³-hybridized carbons (Fsp3) is 0.357. The normalized spacial score (nSPS) is 12.3. The molecule has 3 rings (SSSR count). The predicted molar refractivity (Wildman–Crippen MR) is 147 cm³/mol. The smallest absolute Gasteiger partial charge is 0.244 e. The van der Waals surface area contributed by atoms with Crippen LogP contribution >= 0.6 is 0 Å². The van der Waals surface area contributed by atoms with Gasteiger partial charge in [-0.2, -0.15) is 0 Å². The summed E-state index contributed by atoms with van der Waals surface area (Å²) in [5.74, 6) is 0.0653. The Morgan fingerprint density at radius 1 is 0.973 bits per heavy atom. The van der Waals surface area contributed by atoms with Gasteiger partial charge in [-0.25, -0.2) is 8.42 Å². The van der Waals surface area contributed by atoms with Gasteiger partial charge in [-0.15, -0.1) is 0 Å². The molecule has 9 heteroatoms. The lowest BCUT2D eigenvalue weighted by molar-refractivity contribution is -0.139. The van der Waals surface area contributed by atoms with Crippen molar-refractivity contribution in [1.29, 1.82) is 0 Å². The Bertz CT molecular complexity index is 1350. The van der Waals surface area contributed by atoms with E-state index in [1.165, 1.54) is 4.90 Å². The molecule has 0 aliphatic carbocycles. The summed E-state index contributed by atoms with van der Waals surface area (Å²) < 4.78 is 32.2. The zero-order valence-corrected chi connectivity index (χ0v) is 22.8. The van der Waals surface area contributed by atoms with Gasteiger partial charge in [0.25, 0.3) is 0 Å². The van der Waals surface area contributed by atoms with E-state index < -0.39 is 28.5 Å². The highest BCUT2D eigenvalue weighted by Crippen LogP contribution is 2.28. The van der Waals surface area contributed by atoms with E-state index in [4.69, 9.17) is 4.74 Å². The van der Waals surface area contributed by atoms with Gasteiger partial charge in [0.15, 0.2) is 0 Å². The first kappa shape index (κ1) is 28.0. The molecule has 37 heavy (non-hydrogen) atoms. The maximum absolute atomic E-state index is 13.8. The molecule has 0 aliphatic rings. The Labute approximate surface area is 219 Å². The third kappa shape index (κ3) is 7.22. The van der Waals surface area contributed by atoms with E-state index in [2.05, 4.69) is 5.32 Å². The Kier molecular flexibility index (Phi) is 9.15. The topological polar surface area (TPSA) is 96.0 Å². The largest absolute Gasteiger partial charge is 0.497 e. The van der Waals surface area contributed by atoms with E-state index in [9.17, 15) is 18.0 Å². The first-order valence-electron chi connectivity index (χ1n) is 12.2. The number of anilines is 1. The van der Waals surface area contributed by atoms with Crippen LogP contribution in [0.1, 0.15) is 26.3 Å². The van der Waals surface area contributed by atoms with E-state index in [0.717, 1.165) is 21.5 Å². The van der Waals surface area contributed by atoms with Crippen LogP contribution in [0.2, 0.25) is 0 Å². The number of carbonyl (C=O) groups excluding carboxylic acids is 2. The molecule has 0 saturated carbocycles. The number of hydrogen-bond acceptors (Lipinski definition) is 5. The molecule has 0 fully saturated rings. The minimum Gasteiger partial charge on any atom is -0.497 e. The molecule has 0 heterocycles. The number of benzene rings is 3. The van der Waals surface area contributed by atoms with Crippen LogP contribution < -0.4 is 14.4 Å². The van der Waals surface area contributed by atoms with Gasteiger partial charge in [-0.1, -0.05) is 62.4 Å². The summed E-state index contributed by atoms with van der Waals surface area (Å²) in [7, 11) is -2.27. The van der Waals surface area contributed by atoms with Gasteiger partial charge < -0.3 is 15.0 Å². The molecule has 0 bridgehead atoms. The second-order valence-corrected chi connectivity index (χ2v) is 11.4. The van der Waals surface area contributed by atoms with Gasteiger partial charge in [0.1, 0.15) is 18.3 Å². The van der Waals surface area contributed by atoms with Crippen molar-refractivity contribution in [2.24, 2.45) is 5.92 Å². The van der Waals surface area contributed by atoms with Crippen LogP contribution in [0.25, 0.3) is 10.8 Å². The summed E-state index contributed by atoms with van der Waals surface area (Å²) in [6, 6.07) is 19.1. The van der Waals surface area contributed by atoms with Crippen molar-refractivity contribution in [2.45, 2.75) is 33.4 Å². The van der Waals surface area contributed by atoms with Crippen LogP contribution in [0.3, 0.4) is 0 Å². The van der Waals surface area contributed by atoms with Crippen LogP contribution in [0.5, 0.6) is 5.75 Å². The van der Waals surface area contributed by atoms with Gasteiger partial charge in [-0.05, 0) is 42.0 Å². The number of nitrogens with one attached hydrogen (secondary N) is 1. The van der Waals surface area contributed by atoms with Gasteiger partial charge in [0.2, 0.25) is 21.8 Å². The minimum atomic E-state index is -3.82. The monoisotopic (exact) mass is 525 g/mol. The Balaban J connectivity index is 1.98. The number of hydrogen-bond donors (Lipinski definition) is 1. The van der Waals surface area contributed by atoms with E-state index in [1.54, 1.807) is 44.4 Å². The average Bonchev–Trinajstić information content (AvgIpc) is 2.87. The van der Waals surface area contributed by atoms with Crippen molar-refractivity contribution in [3.63, 3.8) is 0 Å². The maximum Gasteiger partial charge on any atom is 0.244 e. The molecule has 0 radical (unpaired) electrons. The van der Waals surface area contributed by atoms with Crippen LogP contribution in [0.4, 0.5) is 5.69 Å². The molecular formula is C28H35N3O5S. The Morgan fingerprint density at radius 2 is 1.65 bits per heavy atom. The number of rotatable bonds is 11. The fourth-order valence-corrected chi connectivity index (χ4v) is 4.88. The van der Waals surface area contributed by atoms with Crippen LogP contribution in [-0.2, 0) is 26.2 Å². The van der Waals surface area contributed by atoms with Crippen molar-refractivity contribution in [3.8, 4) is 5.75 Å². The van der Waals surface area contributed by atoms with Crippen molar-refractivity contribution in [1.82, 2.24) is 10.2 Å². The maximum atomic E-state index is 13.8. The number of fused-ring (bicyclic) bond motifs is 1. The summed E-state index contributed by atoms with van der Waals surface area (Å²) in [5, 5.41) is 4.45. The van der Waals surface area contributed by atoms with Gasteiger partial charge in [0.05, 0.1) is 19.1 Å². The third-order valence-electron chi connectivity index (χ3n) is 6.05. The van der Waals surface area contributed by atoms with Crippen molar-refractivity contribution < 1.29 is 22.7 Å². The fourth-order valence-electron chi connectivity index (χ4n) is 4.02. The van der Waals surface area contributed by atoms with Gasteiger partial charge in [-0.3, -0.25) is 13.9 Å². The highest BCUT2D eigenvalue weighted by Gasteiger charge is 2.30. The second-order valence-electron chi connectivity index (χ2n) is 9.46. The van der Waals surface area contributed by atoms with E-state index in [-0.39, 0.29) is 18.4 Å². The quantitative estimate of drug-likeness (QED) is 0.411. The molecule has 3 aromatic carbocycles. The summed E-state index contributed by atoms with van der Waals surface area (Å²) in [6.45, 7) is 5.75. The Hall–Kier alpha value is -3.59. The van der Waals surface area contributed by atoms with Gasteiger partial charge in [0, 0.05) is 18.5 Å². The first-order chi connectivity index (χ1) is 17.5. The lowest BCUT2D eigenvalue weighted by Crippen LogP contribution is -2.51. The molecule has 1 N–H and O–H groups in total. The van der Waals surface area contributed by atoms with Crippen LogP contribution in [0, 0.1) is 5.92 Å². The molecule has 0 aliphatic heterocycles. The lowest BCUT2D eigenvalue weighted by atomic mass is 10.1. The average molecular weight is 526 g/mol. The highest BCUT2D eigenvalue weighted by atomic mass is 32.2. The summed E-state index contributed by atoms with van der Waals surface area (Å²) >= 11 is 0. The molecular weight excluding hydrogens is 490 g/mol. The second kappa shape index (κ2) is 12.1. The molecule has 198 valence electrons. The zero-order chi connectivity index (χ0) is 27.2. The predicted octanol–water partition coefficient (Wildman–Crippen LogP) is 3.80. The SMILES string of the molecule is COc1cccc(CN(C(=O)CN(c2cccc3ccccc23)S(C)(=O)=O)[C@@H](C)C(=O)NCC(C)C)c1. The summed E-state index contributed by atoms with van der Waals surface area (Å²) in [4.78, 5) is 28.1. The molecule has 2 amide bonds. The molecule has 0 unspecified atom stereocenters. The minimum absolute atomic E-state index is 0.111. The molecule has 0 saturated heterocycles. The van der Waals surface area contributed by atoms with Gasteiger partial charge >= 0.3 is 0 Å². The molecule has 3 aromatic rings. The number of methoxy groups -OCH3 is 1. The van der Waals surface area contributed by atoms with Crippen molar-refractivity contribution in [3.05, 3.63) is 72.3 Å². The lowest BCUT2D eigenvalue weighted by Gasteiger charge is -2.32. The molecule has 8 nitrogen and oxygen atoms in total. The molecule has 1 atom stereocenters. The number of carbonyl (C=O) groups is 2. The molecule has 0 aromatic heterocycles. The van der Waals surface area contributed by atoms with E-state index in [0.29, 0.717) is 23.4 Å². The van der Waals surface area contributed by atoms with E-state index >= 15 is 0 Å². The standard InChI is InChI=1S/C28H35N3O5S/c1-20(2)17-29-28(33)21(3)30(18-22-10-8-13-24(16-22)36-4)27(32)19-31(37(5,34)35)26-15-9-12-23-11-6-7-14-25(23)26/h6-16,20-21H,17-19H2,1-5H3,(H,29,33)/t21-/m0/s1. The third-order valence-corrected chi connectivity index (χ3v) is 7.18. The van der Waals surface area contributed by atoms with Crippen LogP contribution in [0.15, 0.2) is 66.7 Å². The number of sulfonamides is 1. The van der Waals surface area contributed by atoms with E-state index in [1.807, 2.05) is 50.2 Å². The van der Waals surface area contributed by atoms with Crippen LogP contribution in [-0.4, -0.2) is 57.6 Å². The Morgan fingerprint density at radius 3 is 2.32 bits per heavy atom. The molecule has 0 spiro atoms. The first-order valence-corrected chi connectivity index (χ1v) is 14.0. The highest BCUT2D eigenvalue weighted by molar-refractivity contribution is 7.92. The zero-order valence-electron chi connectivity index (χ0n) is 22.0. The summed E-state index contributed by atoms with van der Waals surface area (Å²) in [5.41, 5.74) is 1.17. The van der Waals surface area contributed by atoms with Crippen molar-refractivity contribution in [2.75, 3.05) is 30.8 Å². The number of amides is 2. The number of nitrogens with zero attached hydrogens (tertiary/aromatic N) is 2. The van der Waals surface area contributed by atoms with Crippen molar-refractivity contribution >= 4 is 38.3 Å². The number of ether oxygens (including phenoxy) is 1. The summed E-state index contributed by atoms with van der Waals surface area (Å²) in [6.07, 6.45) is 1.08.